The second-order valence-electron chi connectivity index (χ2n) is 7.60. The number of carbonyl (C=O) groups excluding carboxylic acids is 1. The summed E-state index contributed by atoms with van der Waals surface area (Å²) in [6.45, 7) is 7.79. The fourth-order valence-corrected chi connectivity index (χ4v) is 3.82. The molecule has 3 aromatic carbocycles. The molecule has 0 aliphatic rings. The van der Waals surface area contributed by atoms with Crippen molar-refractivity contribution in [2.24, 2.45) is 0 Å². The van der Waals surface area contributed by atoms with E-state index in [9.17, 15) is 4.79 Å². The van der Waals surface area contributed by atoms with Crippen LogP contribution in [-0.2, 0) is 19.9 Å². The molecule has 0 radical (unpaired) electrons. The Labute approximate surface area is 173 Å². The zero-order valence-corrected chi connectivity index (χ0v) is 17.6. The van der Waals surface area contributed by atoms with Crippen molar-refractivity contribution in [3.8, 4) is 0 Å². The first-order chi connectivity index (χ1) is 14.0. The average Bonchev–Trinajstić information content (AvgIpc) is 2.77. The topological polar surface area (TPSA) is 35.5 Å². The van der Waals surface area contributed by atoms with Crippen molar-refractivity contribution >= 4 is 27.5 Å². The van der Waals surface area contributed by atoms with Crippen molar-refractivity contribution in [1.29, 1.82) is 0 Å². The Morgan fingerprint density at radius 1 is 1.07 bits per heavy atom. The molecule has 0 bridgehead atoms. The Morgan fingerprint density at radius 2 is 1.72 bits per heavy atom. The van der Waals surface area contributed by atoms with Crippen molar-refractivity contribution < 1.29 is 14.3 Å². The lowest BCUT2D eigenvalue weighted by atomic mass is 9.87. The number of ether oxygens (including phenoxy) is 2. The van der Waals surface area contributed by atoms with E-state index in [0.717, 1.165) is 52.8 Å². The molecular formula is C26H30O3. The maximum atomic E-state index is 13.3. The van der Waals surface area contributed by atoms with Crippen molar-refractivity contribution in [3.05, 3.63) is 72.8 Å². The summed E-state index contributed by atoms with van der Waals surface area (Å²) in [6.07, 6.45) is 5.41. The molecule has 2 atom stereocenters. The monoisotopic (exact) mass is 390 g/mol. The molecule has 0 unspecified atom stereocenters. The number of hydrogen-bond donors (Lipinski definition) is 0. The van der Waals surface area contributed by atoms with Gasteiger partial charge in [-0.15, -0.1) is 0 Å². The van der Waals surface area contributed by atoms with Crippen LogP contribution >= 0.6 is 0 Å². The van der Waals surface area contributed by atoms with Gasteiger partial charge in [0.2, 0.25) is 0 Å². The molecule has 152 valence electrons. The number of rotatable bonds is 9. The second kappa shape index (κ2) is 9.23. The molecular weight excluding hydrogens is 360 g/mol. The zero-order valence-electron chi connectivity index (χ0n) is 17.6. The highest BCUT2D eigenvalue weighted by atomic mass is 16.6. The van der Waals surface area contributed by atoms with Gasteiger partial charge in [-0.2, -0.15) is 0 Å². The van der Waals surface area contributed by atoms with Crippen LogP contribution in [-0.4, -0.2) is 19.2 Å². The molecule has 3 nitrogen and oxygen atoms in total. The highest BCUT2D eigenvalue weighted by Gasteiger charge is 2.39. The quantitative estimate of drug-likeness (QED) is 0.180. The molecule has 0 aromatic heterocycles. The normalized spacial score (nSPS) is 14.4. The SMILES string of the molecule is C=C[C@@H](CCCCC)OC(=O)[C@@](C)(OC)c1cc2ccccc2c2ccccc12. The summed E-state index contributed by atoms with van der Waals surface area (Å²) in [5.74, 6) is -0.387. The van der Waals surface area contributed by atoms with Crippen LogP contribution in [0, 0.1) is 0 Å². The van der Waals surface area contributed by atoms with Gasteiger partial charge in [0.15, 0.2) is 5.60 Å². The Bertz CT molecular complexity index is 1010. The number of hydrogen-bond acceptors (Lipinski definition) is 3. The van der Waals surface area contributed by atoms with Crippen LogP contribution in [0.25, 0.3) is 21.5 Å². The highest BCUT2D eigenvalue weighted by molar-refractivity contribution is 6.10. The largest absolute Gasteiger partial charge is 0.456 e. The number of fused-ring (bicyclic) bond motifs is 3. The third-order valence-electron chi connectivity index (χ3n) is 5.69. The van der Waals surface area contributed by atoms with Crippen molar-refractivity contribution in [3.63, 3.8) is 0 Å². The fourth-order valence-electron chi connectivity index (χ4n) is 3.82. The molecule has 3 aromatic rings. The zero-order chi connectivity index (χ0) is 20.9. The first-order valence-electron chi connectivity index (χ1n) is 10.3. The summed E-state index contributed by atoms with van der Waals surface area (Å²) in [4.78, 5) is 13.3. The molecule has 0 spiro atoms. The maximum absolute atomic E-state index is 13.3. The minimum absolute atomic E-state index is 0.310. The molecule has 0 fully saturated rings. The summed E-state index contributed by atoms with van der Waals surface area (Å²) in [5.41, 5.74) is -0.397. The number of unbranched alkanes of at least 4 members (excludes halogenated alkanes) is 2. The van der Waals surface area contributed by atoms with Gasteiger partial charge in [-0.3, -0.25) is 0 Å². The van der Waals surface area contributed by atoms with E-state index >= 15 is 0 Å². The molecule has 0 amide bonds. The Morgan fingerprint density at radius 3 is 2.38 bits per heavy atom. The van der Waals surface area contributed by atoms with Gasteiger partial charge in [-0.05, 0) is 47.4 Å². The van der Waals surface area contributed by atoms with Gasteiger partial charge in [0.05, 0.1) is 0 Å². The summed E-state index contributed by atoms with van der Waals surface area (Å²) in [5, 5.41) is 4.32. The lowest BCUT2D eigenvalue weighted by molar-refractivity contribution is -0.172. The van der Waals surface area contributed by atoms with Gasteiger partial charge in [0.1, 0.15) is 6.10 Å². The van der Waals surface area contributed by atoms with Crippen molar-refractivity contribution in [1.82, 2.24) is 0 Å². The van der Waals surface area contributed by atoms with E-state index in [4.69, 9.17) is 9.47 Å². The maximum Gasteiger partial charge on any atom is 0.343 e. The molecule has 3 heteroatoms. The van der Waals surface area contributed by atoms with Crippen LogP contribution in [0.15, 0.2) is 67.3 Å². The molecule has 0 saturated carbocycles. The molecule has 0 aliphatic heterocycles. The molecule has 29 heavy (non-hydrogen) atoms. The second-order valence-corrected chi connectivity index (χ2v) is 7.60. The van der Waals surface area contributed by atoms with Gasteiger partial charge < -0.3 is 9.47 Å². The van der Waals surface area contributed by atoms with Crippen LogP contribution in [0.2, 0.25) is 0 Å². The van der Waals surface area contributed by atoms with Gasteiger partial charge in [0.25, 0.3) is 0 Å². The van der Waals surface area contributed by atoms with Crippen LogP contribution < -0.4 is 0 Å². The van der Waals surface area contributed by atoms with Crippen LogP contribution in [0.4, 0.5) is 0 Å². The van der Waals surface area contributed by atoms with Gasteiger partial charge in [-0.25, -0.2) is 4.79 Å². The minimum atomic E-state index is -1.21. The summed E-state index contributed by atoms with van der Waals surface area (Å²) < 4.78 is 11.6. The van der Waals surface area contributed by atoms with Crippen molar-refractivity contribution in [2.75, 3.05) is 7.11 Å². The number of carbonyl (C=O) groups is 1. The Hall–Kier alpha value is -2.65. The predicted octanol–water partition coefficient (Wildman–Crippen LogP) is 6.53. The fraction of sp³-hybridized carbons (Fsp3) is 0.346. The average molecular weight is 391 g/mol. The number of esters is 1. The summed E-state index contributed by atoms with van der Waals surface area (Å²) in [7, 11) is 1.56. The van der Waals surface area contributed by atoms with Crippen LogP contribution in [0.5, 0.6) is 0 Å². The first-order valence-corrected chi connectivity index (χ1v) is 10.3. The predicted molar refractivity (Wildman–Crippen MR) is 120 cm³/mol. The Balaban J connectivity index is 2.04. The highest BCUT2D eigenvalue weighted by Crippen LogP contribution is 2.37. The van der Waals surface area contributed by atoms with Crippen LogP contribution in [0.3, 0.4) is 0 Å². The van der Waals surface area contributed by atoms with E-state index in [2.05, 4.69) is 31.7 Å². The summed E-state index contributed by atoms with van der Waals surface area (Å²) >= 11 is 0. The first kappa shape index (κ1) is 21.1. The summed E-state index contributed by atoms with van der Waals surface area (Å²) in [6, 6.07) is 18.4. The van der Waals surface area contributed by atoms with E-state index < -0.39 is 5.60 Å². The molecule has 0 N–H and O–H groups in total. The minimum Gasteiger partial charge on any atom is -0.456 e. The van der Waals surface area contributed by atoms with Crippen LogP contribution in [0.1, 0.15) is 45.1 Å². The number of benzene rings is 3. The lowest BCUT2D eigenvalue weighted by Gasteiger charge is -2.30. The van der Waals surface area contributed by atoms with E-state index in [1.54, 1.807) is 20.1 Å². The molecule has 3 rings (SSSR count). The Kier molecular flexibility index (Phi) is 6.71. The van der Waals surface area contributed by atoms with Crippen molar-refractivity contribution in [2.45, 2.75) is 51.2 Å². The van der Waals surface area contributed by atoms with E-state index in [-0.39, 0.29) is 12.1 Å². The third-order valence-corrected chi connectivity index (χ3v) is 5.69. The molecule has 0 saturated heterocycles. The van der Waals surface area contributed by atoms with Gasteiger partial charge >= 0.3 is 5.97 Å². The third kappa shape index (κ3) is 4.20. The number of methoxy groups -OCH3 is 1. The lowest BCUT2D eigenvalue weighted by Crippen LogP contribution is -2.38. The molecule has 0 aliphatic carbocycles. The van der Waals surface area contributed by atoms with E-state index in [1.807, 2.05) is 36.4 Å². The standard InChI is InChI=1S/C26H30O3/c1-5-7-8-14-20(6-2)29-25(27)26(3,28-4)24-18-19-13-9-10-15-21(19)22-16-11-12-17-23(22)24/h6,9-13,15-18,20H,2,5,7-8,14H2,1,3-4H3/t20-,26-/m0/s1. The van der Waals surface area contributed by atoms with Gasteiger partial charge in [0, 0.05) is 12.7 Å². The van der Waals surface area contributed by atoms with E-state index in [1.165, 1.54) is 0 Å². The van der Waals surface area contributed by atoms with Gasteiger partial charge in [-0.1, -0.05) is 81.0 Å². The smallest absolute Gasteiger partial charge is 0.343 e. The molecule has 0 heterocycles. The van der Waals surface area contributed by atoms with E-state index in [0.29, 0.717) is 0 Å².